The van der Waals surface area contributed by atoms with Crippen LogP contribution in [0.1, 0.15) is 27.2 Å². The number of anilines is 4. The maximum Gasteiger partial charge on any atom is 0.337 e. The molecule has 2 heterocycles. The molecular formula is C21H24N6O2. The highest BCUT2D eigenvalue weighted by Crippen LogP contribution is 2.21. The molecule has 8 nitrogen and oxygen atoms in total. The van der Waals surface area contributed by atoms with E-state index in [-0.39, 0.29) is 5.97 Å². The molecule has 8 heteroatoms. The van der Waals surface area contributed by atoms with E-state index in [4.69, 9.17) is 4.74 Å². The third-order valence-corrected chi connectivity index (χ3v) is 4.40. The normalized spacial score (nSPS) is 10.3. The Bertz CT molecular complexity index is 1000. The molecule has 0 bridgehead atoms. The van der Waals surface area contributed by atoms with Gasteiger partial charge >= 0.3 is 5.97 Å². The van der Waals surface area contributed by atoms with E-state index in [9.17, 15) is 4.79 Å². The Morgan fingerprint density at radius 2 is 1.93 bits per heavy atom. The van der Waals surface area contributed by atoms with E-state index in [2.05, 4.69) is 30.9 Å². The van der Waals surface area contributed by atoms with Gasteiger partial charge in [-0.05, 0) is 43.7 Å². The minimum Gasteiger partial charge on any atom is -0.465 e. The van der Waals surface area contributed by atoms with Crippen molar-refractivity contribution >= 4 is 29.1 Å². The van der Waals surface area contributed by atoms with Gasteiger partial charge in [0.25, 0.3) is 0 Å². The summed E-state index contributed by atoms with van der Waals surface area (Å²) in [6, 6.07) is 9.25. The van der Waals surface area contributed by atoms with Gasteiger partial charge in [-0.25, -0.2) is 9.78 Å². The summed E-state index contributed by atoms with van der Waals surface area (Å²) >= 11 is 0. The number of benzene rings is 1. The second-order valence-corrected chi connectivity index (χ2v) is 6.51. The number of ether oxygens (including phenoxy) is 1. The molecule has 0 saturated heterocycles. The summed E-state index contributed by atoms with van der Waals surface area (Å²) in [6.07, 6.45) is 3.50. The van der Waals surface area contributed by atoms with Crippen molar-refractivity contribution in [3.63, 3.8) is 0 Å². The van der Waals surface area contributed by atoms with Crippen LogP contribution in [0, 0.1) is 13.8 Å². The zero-order valence-corrected chi connectivity index (χ0v) is 16.9. The van der Waals surface area contributed by atoms with Crippen LogP contribution in [-0.4, -0.2) is 35.1 Å². The molecule has 3 N–H and O–H groups in total. The Balaban J connectivity index is 1.74. The number of esters is 1. The van der Waals surface area contributed by atoms with E-state index in [1.807, 2.05) is 39.1 Å². The van der Waals surface area contributed by atoms with E-state index >= 15 is 0 Å². The summed E-state index contributed by atoms with van der Waals surface area (Å²) in [7, 11) is 3.18. The van der Waals surface area contributed by atoms with Crippen LogP contribution in [0.5, 0.6) is 0 Å². The van der Waals surface area contributed by atoms with Crippen LogP contribution >= 0.6 is 0 Å². The summed E-state index contributed by atoms with van der Waals surface area (Å²) in [6.45, 7) is 4.40. The number of hydrogen-bond acceptors (Lipinski definition) is 8. The first-order chi connectivity index (χ1) is 14.0. The van der Waals surface area contributed by atoms with Gasteiger partial charge in [0.1, 0.15) is 5.82 Å². The highest BCUT2D eigenvalue weighted by atomic mass is 16.5. The molecule has 29 heavy (non-hydrogen) atoms. The zero-order valence-electron chi connectivity index (χ0n) is 16.9. The number of nitrogens with one attached hydrogen (secondary N) is 3. The molecule has 0 fully saturated rings. The van der Waals surface area contributed by atoms with Crippen LogP contribution in [-0.2, 0) is 11.3 Å². The number of methoxy groups -OCH3 is 1. The molecule has 3 rings (SSSR count). The fraction of sp³-hybridized carbons (Fsp3) is 0.238. The minimum absolute atomic E-state index is 0.367. The smallest absolute Gasteiger partial charge is 0.337 e. The van der Waals surface area contributed by atoms with E-state index in [0.29, 0.717) is 23.9 Å². The first-order valence-electron chi connectivity index (χ1n) is 9.16. The van der Waals surface area contributed by atoms with E-state index in [1.54, 1.807) is 24.5 Å². The van der Waals surface area contributed by atoms with Crippen LogP contribution in [0.15, 0.2) is 42.7 Å². The van der Waals surface area contributed by atoms with Crippen LogP contribution in [0.2, 0.25) is 0 Å². The molecule has 0 unspecified atom stereocenters. The van der Waals surface area contributed by atoms with Gasteiger partial charge in [-0.2, -0.15) is 4.98 Å². The van der Waals surface area contributed by atoms with Crippen LogP contribution in [0.25, 0.3) is 0 Å². The highest BCUT2D eigenvalue weighted by Gasteiger charge is 2.10. The van der Waals surface area contributed by atoms with E-state index < -0.39 is 0 Å². The molecule has 0 radical (unpaired) electrons. The Kier molecular flexibility index (Phi) is 6.23. The quantitative estimate of drug-likeness (QED) is 0.524. The summed E-state index contributed by atoms with van der Waals surface area (Å²) in [5, 5.41) is 9.59. The number of aryl methyl sites for hydroxylation is 2. The second kappa shape index (κ2) is 9.01. The molecule has 150 valence electrons. The molecule has 0 aliphatic heterocycles. The van der Waals surface area contributed by atoms with Gasteiger partial charge in [0, 0.05) is 36.7 Å². The lowest BCUT2D eigenvalue weighted by Gasteiger charge is -2.14. The lowest BCUT2D eigenvalue weighted by atomic mass is 10.1. The van der Waals surface area contributed by atoms with Crippen molar-refractivity contribution in [2.24, 2.45) is 0 Å². The topological polar surface area (TPSA) is 101 Å². The molecule has 0 spiro atoms. The Labute approximate surface area is 169 Å². The molecule has 1 aromatic carbocycles. The van der Waals surface area contributed by atoms with Crippen molar-refractivity contribution in [3.8, 4) is 0 Å². The number of carbonyl (C=O) groups excluding carboxylic acids is 1. The summed E-state index contributed by atoms with van der Waals surface area (Å²) in [4.78, 5) is 24.9. The van der Waals surface area contributed by atoms with E-state index in [0.717, 1.165) is 28.2 Å². The lowest BCUT2D eigenvalue weighted by molar-refractivity contribution is 0.0601. The number of carbonyl (C=O) groups is 1. The lowest BCUT2D eigenvalue weighted by Crippen LogP contribution is -2.09. The van der Waals surface area contributed by atoms with Crippen molar-refractivity contribution in [1.82, 2.24) is 15.0 Å². The minimum atomic E-state index is -0.367. The fourth-order valence-corrected chi connectivity index (χ4v) is 2.73. The Hall–Kier alpha value is -3.68. The Morgan fingerprint density at radius 1 is 1.10 bits per heavy atom. The molecule has 0 amide bonds. The van der Waals surface area contributed by atoms with Gasteiger partial charge < -0.3 is 20.7 Å². The third-order valence-electron chi connectivity index (χ3n) is 4.40. The van der Waals surface area contributed by atoms with Gasteiger partial charge in [-0.15, -0.1) is 0 Å². The largest absolute Gasteiger partial charge is 0.465 e. The van der Waals surface area contributed by atoms with Gasteiger partial charge in [0.05, 0.1) is 24.6 Å². The molecule has 0 aliphatic rings. The van der Waals surface area contributed by atoms with Gasteiger partial charge in [-0.1, -0.05) is 6.07 Å². The molecule has 2 aromatic heterocycles. The maximum absolute atomic E-state index is 11.8. The number of aromatic nitrogens is 3. The monoisotopic (exact) mass is 392 g/mol. The predicted molar refractivity (Wildman–Crippen MR) is 114 cm³/mol. The standard InChI is InChI=1S/C21H24N6O2/c1-13-5-7-15(20(28)29-4)9-18(13)24-10-16-11-25-21(27-19(16)22-3)26-17-8-6-14(2)23-12-17/h5-9,11-12,24H,10H2,1-4H3,(H2,22,25,26,27). The summed E-state index contributed by atoms with van der Waals surface area (Å²) < 4.78 is 4.79. The van der Waals surface area contributed by atoms with Crippen molar-refractivity contribution < 1.29 is 9.53 Å². The number of hydrogen-bond donors (Lipinski definition) is 3. The zero-order chi connectivity index (χ0) is 20.8. The van der Waals surface area contributed by atoms with Crippen LogP contribution in [0.4, 0.5) is 23.1 Å². The van der Waals surface area contributed by atoms with Gasteiger partial charge in [-0.3, -0.25) is 4.98 Å². The van der Waals surface area contributed by atoms with Gasteiger partial charge in [0.2, 0.25) is 5.95 Å². The summed E-state index contributed by atoms with van der Waals surface area (Å²) in [5.41, 5.74) is 5.02. The van der Waals surface area contributed by atoms with E-state index in [1.165, 1.54) is 7.11 Å². The highest BCUT2D eigenvalue weighted by molar-refractivity contribution is 5.90. The number of nitrogens with zero attached hydrogens (tertiary/aromatic N) is 3. The molecule has 0 atom stereocenters. The molecule has 0 aliphatic carbocycles. The maximum atomic E-state index is 11.8. The van der Waals surface area contributed by atoms with Gasteiger partial charge in [0.15, 0.2) is 0 Å². The van der Waals surface area contributed by atoms with Crippen molar-refractivity contribution in [2.45, 2.75) is 20.4 Å². The van der Waals surface area contributed by atoms with Crippen molar-refractivity contribution in [2.75, 3.05) is 30.1 Å². The average molecular weight is 392 g/mol. The third kappa shape index (κ3) is 4.98. The first-order valence-corrected chi connectivity index (χ1v) is 9.16. The predicted octanol–water partition coefficient (Wildman–Crippen LogP) is 3.67. The van der Waals surface area contributed by atoms with Crippen LogP contribution in [0.3, 0.4) is 0 Å². The average Bonchev–Trinajstić information content (AvgIpc) is 2.74. The van der Waals surface area contributed by atoms with Crippen molar-refractivity contribution in [3.05, 3.63) is 65.1 Å². The summed E-state index contributed by atoms with van der Waals surface area (Å²) in [5.74, 6) is 0.817. The first kappa shape index (κ1) is 20.1. The molecular weight excluding hydrogens is 368 g/mol. The Morgan fingerprint density at radius 3 is 2.62 bits per heavy atom. The second-order valence-electron chi connectivity index (χ2n) is 6.51. The number of rotatable bonds is 7. The molecule has 0 saturated carbocycles. The SMILES string of the molecule is CNc1nc(Nc2ccc(C)nc2)ncc1CNc1cc(C(=O)OC)ccc1C. The fourth-order valence-electron chi connectivity index (χ4n) is 2.73. The van der Waals surface area contributed by atoms with Crippen molar-refractivity contribution in [1.29, 1.82) is 0 Å². The molecule has 3 aromatic rings. The number of pyridine rings is 1. The van der Waals surface area contributed by atoms with Crippen LogP contribution < -0.4 is 16.0 Å².